The summed E-state index contributed by atoms with van der Waals surface area (Å²) in [6.45, 7) is 1.13. The quantitative estimate of drug-likeness (QED) is 0.306. The molecule has 0 aliphatic heterocycles. The molecule has 0 aliphatic carbocycles. The van der Waals surface area contributed by atoms with Gasteiger partial charge in [0, 0.05) is 36.5 Å². The monoisotopic (exact) mass is 487 g/mol. The van der Waals surface area contributed by atoms with Gasteiger partial charge in [0.1, 0.15) is 11.6 Å². The van der Waals surface area contributed by atoms with Crippen LogP contribution < -0.4 is 16.4 Å². The van der Waals surface area contributed by atoms with Crippen LogP contribution in [0.25, 0.3) is 11.3 Å². The number of ether oxygens (including phenoxy) is 1. The van der Waals surface area contributed by atoms with Crippen LogP contribution in [0.5, 0.6) is 0 Å². The molecule has 3 aromatic carbocycles. The van der Waals surface area contributed by atoms with Gasteiger partial charge in [0.15, 0.2) is 0 Å². The Labute approximate surface area is 207 Å². The first-order valence-electron chi connectivity index (χ1n) is 11.3. The number of carbonyl (C=O) groups is 2. The molecule has 0 fully saturated rings. The number of carbonyl (C=O) groups excluding carboxylic acids is 2. The van der Waals surface area contributed by atoms with E-state index in [1.807, 2.05) is 24.3 Å². The molecule has 9 heteroatoms. The molecular formula is C27H26FN5O3. The van der Waals surface area contributed by atoms with Gasteiger partial charge >= 0.3 is 0 Å². The molecular weight excluding hydrogens is 461 g/mol. The van der Waals surface area contributed by atoms with Crippen molar-refractivity contribution < 1.29 is 18.7 Å². The lowest BCUT2D eigenvalue weighted by Crippen LogP contribution is -2.15. The summed E-state index contributed by atoms with van der Waals surface area (Å²) in [5.41, 5.74) is 8.73. The smallest absolute Gasteiger partial charge is 0.259 e. The Morgan fingerprint density at radius 2 is 1.61 bits per heavy atom. The maximum Gasteiger partial charge on any atom is 0.259 e. The van der Waals surface area contributed by atoms with Gasteiger partial charge in [0.05, 0.1) is 24.5 Å². The SMILES string of the molecule is Cn1nc(-c2ccc(NC(=O)c3ccccc3COCCN)cc2)cc1NC(=O)c1ccccc1F. The van der Waals surface area contributed by atoms with Crippen molar-refractivity contribution in [2.75, 3.05) is 23.8 Å². The first-order valence-corrected chi connectivity index (χ1v) is 11.3. The number of aryl methyl sites for hydroxylation is 1. The molecule has 36 heavy (non-hydrogen) atoms. The summed E-state index contributed by atoms with van der Waals surface area (Å²) in [5, 5.41) is 10.0. The van der Waals surface area contributed by atoms with Crippen LogP contribution in [0.4, 0.5) is 15.9 Å². The molecule has 0 saturated carbocycles. The van der Waals surface area contributed by atoms with E-state index in [2.05, 4.69) is 15.7 Å². The van der Waals surface area contributed by atoms with E-state index >= 15 is 0 Å². The minimum absolute atomic E-state index is 0.0483. The number of amides is 2. The molecule has 4 rings (SSSR count). The van der Waals surface area contributed by atoms with Crippen LogP contribution in [-0.4, -0.2) is 34.7 Å². The van der Waals surface area contributed by atoms with E-state index in [0.29, 0.717) is 42.5 Å². The number of anilines is 2. The summed E-state index contributed by atoms with van der Waals surface area (Å²) in [6.07, 6.45) is 0. The number of nitrogens with two attached hydrogens (primary N) is 1. The lowest BCUT2D eigenvalue weighted by atomic mass is 10.1. The Morgan fingerprint density at radius 1 is 0.944 bits per heavy atom. The third-order valence-corrected chi connectivity index (χ3v) is 5.46. The number of halogens is 1. The Bertz CT molecular complexity index is 1370. The molecule has 0 unspecified atom stereocenters. The topological polar surface area (TPSA) is 111 Å². The highest BCUT2D eigenvalue weighted by atomic mass is 19.1. The van der Waals surface area contributed by atoms with E-state index in [4.69, 9.17) is 10.5 Å². The zero-order chi connectivity index (χ0) is 25.5. The maximum atomic E-state index is 13.9. The van der Waals surface area contributed by atoms with Crippen LogP contribution in [0.2, 0.25) is 0 Å². The molecule has 1 heterocycles. The van der Waals surface area contributed by atoms with Crippen molar-refractivity contribution in [3.05, 3.63) is 101 Å². The van der Waals surface area contributed by atoms with Crippen molar-refractivity contribution >= 4 is 23.3 Å². The minimum atomic E-state index is -0.597. The van der Waals surface area contributed by atoms with Crippen LogP contribution in [0, 0.1) is 5.82 Å². The lowest BCUT2D eigenvalue weighted by Gasteiger charge is -2.11. The average Bonchev–Trinajstić information content (AvgIpc) is 3.25. The molecule has 184 valence electrons. The Morgan fingerprint density at radius 3 is 2.33 bits per heavy atom. The second-order valence-electron chi connectivity index (χ2n) is 8.00. The highest BCUT2D eigenvalue weighted by Crippen LogP contribution is 2.24. The fourth-order valence-electron chi connectivity index (χ4n) is 3.61. The van der Waals surface area contributed by atoms with Gasteiger partial charge in [-0.3, -0.25) is 14.3 Å². The summed E-state index contributed by atoms with van der Waals surface area (Å²) >= 11 is 0. The van der Waals surface area contributed by atoms with Crippen molar-refractivity contribution in [3.8, 4) is 11.3 Å². The van der Waals surface area contributed by atoms with Gasteiger partial charge in [0.2, 0.25) is 0 Å². The second-order valence-corrected chi connectivity index (χ2v) is 8.00. The third kappa shape index (κ3) is 5.83. The van der Waals surface area contributed by atoms with Gasteiger partial charge in [-0.05, 0) is 35.9 Å². The van der Waals surface area contributed by atoms with Crippen molar-refractivity contribution in [1.82, 2.24) is 9.78 Å². The Hall–Kier alpha value is -4.34. The predicted octanol–water partition coefficient (Wildman–Crippen LogP) is 4.21. The van der Waals surface area contributed by atoms with Gasteiger partial charge in [0.25, 0.3) is 11.8 Å². The fraction of sp³-hybridized carbons (Fsp3) is 0.148. The molecule has 0 aliphatic rings. The lowest BCUT2D eigenvalue weighted by molar-refractivity contribution is 0.100. The standard InChI is InChI=1S/C27H26FN5O3/c1-33-25(31-27(35)22-8-4-5-9-23(22)28)16-24(32-33)18-10-12-20(13-11-18)30-26(34)21-7-3-2-6-19(21)17-36-15-14-29/h2-13,16H,14-15,17,29H2,1H3,(H,30,34)(H,31,35). The van der Waals surface area contributed by atoms with Crippen molar-refractivity contribution in [1.29, 1.82) is 0 Å². The zero-order valence-corrected chi connectivity index (χ0v) is 19.7. The van der Waals surface area contributed by atoms with Crippen molar-refractivity contribution in [2.45, 2.75) is 6.61 Å². The van der Waals surface area contributed by atoms with Gasteiger partial charge in [-0.25, -0.2) is 4.39 Å². The summed E-state index contributed by atoms with van der Waals surface area (Å²) in [5.74, 6) is -0.982. The molecule has 0 saturated heterocycles. The second kappa shape index (κ2) is 11.4. The van der Waals surface area contributed by atoms with Gasteiger partial charge < -0.3 is 21.1 Å². The van der Waals surface area contributed by atoms with Crippen LogP contribution in [-0.2, 0) is 18.4 Å². The number of rotatable bonds is 9. The molecule has 4 aromatic rings. The summed E-state index contributed by atoms with van der Waals surface area (Å²) < 4.78 is 20.9. The van der Waals surface area contributed by atoms with Crippen LogP contribution in [0.15, 0.2) is 78.9 Å². The molecule has 0 radical (unpaired) electrons. The normalized spacial score (nSPS) is 10.8. The molecule has 0 bridgehead atoms. The van der Waals surface area contributed by atoms with Gasteiger partial charge in [-0.1, -0.05) is 42.5 Å². The Balaban J connectivity index is 1.44. The molecule has 0 atom stereocenters. The fourth-order valence-corrected chi connectivity index (χ4v) is 3.61. The van der Waals surface area contributed by atoms with E-state index in [1.54, 1.807) is 43.4 Å². The van der Waals surface area contributed by atoms with Crippen LogP contribution in [0.1, 0.15) is 26.3 Å². The molecule has 2 amide bonds. The van der Waals surface area contributed by atoms with Crippen LogP contribution in [0.3, 0.4) is 0 Å². The maximum absolute atomic E-state index is 13.9. The number of nitrogens with zero attached hydrogens (tertiary/aromatic N) is 2. The highest BCUT2D eigenvalue weighted by molar-refractivity contribution is 6.05. The van der Waals surface area contributed by atoms with Gasteiger partial charge in [-0.2, -0.15) is 5.10 Å². The zero-order valence-electron chi connectivity index (χ0n) is 19.7. The van der Waals surface area contributed by atoms with E-state index in [-0.39, 0.29) is 11.5 Å². The first kappa shape index (κ1) is 24.8. The van der Waals surface area contributed by atoms with E-state index < -0.39 is 11.7 Å². The number of hydrogen-bond acceptors (Lipinski definition) is 5. The van der Waals surface area contributed by atoms with Gasteiger partial charge in [-0.15, -0.1) is 0 Å². The minimum Gasteiger partial charge on any atom is -0.375 e. The molecule has 8 nitrogen and oxygen atoms in total. The highest BCUT2D eigenvalue weighted by Gasteiger charge is 2.15. The summed E-state index contributed by atoms with van der Waals surface area (Å²) in [6, 6.07) is 21.9. The summed E-state index contributed by atoms with van der Waals surface area (Å²) in [7, 11) is 1.68. The van der Waals surface area contributed by atoms with Crippen molar-refractivity contribution in [2.24, 2.45) is 12.8 Å². The van der Waals surface area contributed by atoms with Crippen LogP contribution >= 0.6 is 0 Å². The van der Waals surface area contributed by atoms with Crippen molar-refractivity contribution in [3.63, 3.8) is 0 Å². The first-order chi connectivity index (χ1) is 17.5. The number of hydrogen-bond donors (Lipinski definition) is 3. The number of benzene rings is 3. The number of nitrogens with one attached hydrogen (secondary N) is 2. The molecule has 0 spiro atoms. The Kier molecular flexibility index (Phi) is 7.84. The largest absolute Gasteiger partial charge is 0.375 e. The average molecular weight is 488 g/mol. The third-order valence-electron chi connectivity index (χ3n) is 5.46. The van der Waals surface area contributed by atoms with E-state index in [9.17, 15) is 14.0 Å². The molecule has 4 N–H and O–H groups in total. The molecule has 1 aromatic heterocycles. The van der Waals surface area contributed by atoms with E-state index in [1.165, 1.54) is 22.9 Å². The number of aromatic nitrogens is 2. The summed E-state index contributed by atoms with van der Waals surface area (Å²) in [4.78, 5) is 25.3. The van der Waals surface area contributed by atoms with E-state index in [0.717, 1.165) is 11.1 Å². The predicted molar refractivity (Wildman–Crippen MR) is 136 cm³/mol.